The standard InChI is InChI=1S/C12H9FN2O4S/c13-12(9-5-1-2-6-10(9)15(16)17)20(18,19)11-7-3-4-8-14-11/h1-8,12H. The maximum Gasteiger partial charge on any atom is 0.276 e. The average Bonchev–Trinajstić information content (AvgIpc) is 2.47. The van der Waals surface area contributed by atoms with Crippen LogP contribution in [0.3, 0.4) is 0 Å². The van der Waals surface area contributed by atoms with E-state index in [1.807, 2.05) is 0 Å². The van der Waals surface area contributed by atoms with Gasteiger partial charge in [-0.05, 0) is 18.2 Å². The molecule has 6 nitrogen and oxygen atoms in total. The predicted octanol–water partition coefficient (Wildman–Crippen LogP) is 2.43. The molecule has 1 aromatic carbocycles. The highest BCUT2D eigenvalue weighted by molar-refractivity contribution is 7.91. The molecular weight excluding hydrogens is 287 g/mol. The summed E-state index contributed by atoms with van der Waals surface area (Å²) >= 11 is 0. The summed E-state index contributed by atoms with van der Waals surface area (Å²) in [5.74, 6) is 0. The van der Waals surface area contributed by atoms with Gasteiger partial charge >= 0.3 is 0 Å². The number of halogens is 1. The van der Waals surface area contributed by atoms with Crippen molar-refractivity contribution in [2.45, 2.75) is 10.5 Å². The Morgan fingerprint density at radius 2 is 1.80 bits per heavy atom. The van der Waals surface area contributed by atoms with E-state index in [0.717, 1.165) is 18.2 Å². The zero-order valence-corrected chi connectivity index (χ0v) is 10.8. The normalized spacial score (nSPS) is 12.8. The highest BCUT2D eigenvalue weighted by Gasteiger charge is 2.34. The number of nitro groups is 1. The Hall–Kier alpha value is -2.35. The first-order valence-electron chi connectivity index (χ1n) is 5.47. The van der Waals surface area contributed by atoms with Gasteiger partial charge in [-0.3, -0.25) is 10.1 Å². The van der Waals surface area contributed by atoms with Crippen molar-refractivity contribution < 1.29 is 17.7 Å². The second kappa shape index (κ2) is 5.33. The molecule has 2 rings (SSSR count). The first-order chi connectivity index (χ1) is 9.44. The Morgan fingerprint density at radius 1 is 1.15 bits per heavy atom. The van der Waals surface area contributed by atoms with Gasteiger partial charge in [-0.2, -0.15) is 0 Å². The molecule has 20 heavy (non-hydrogen) atoms. The van der Waals surface area contributed by atoms with Gasteiger partial charge in [-0.1, -0.05) is 18.2 Å². The Labute approximate surface area is 114 Å². The topological polar surface area (TPSA) is 90.2 Å². The highest BCUT2D eigenvalue weighted by Crippen LogP contribution is 2.34. The Kier molecular flexibility index (Phi) is 3.75. The fourth-order valence-corrected chi connectivity index (χ4v) is 2.86. The van der Waals surface area contributed by atoms with Crippen LogP contribution in [-0.2, 0) is 9.84 Å². The molecule has 0 spiro atoms. The van der Waals surface area contributed by atoms with Crippen LogP contribution in [0.5, 0.6) is 0 Å². The second-order valence-electron chi connectivity index (χ2n) is 3.84. The molecule has 0 aliphatic heterocycles. The van der Waals surface area contributed by atoms with Gasteiger partial charge in [-0.25, -0.2) is 17.8 Å². The number of rotatable bonds is 4. The largest absolute Gasteiger partial charge is 0.276 e. The molecule has 1 unspecified atom stereocenters. The lowest BCUT2D eigenvalue weighted by Crippen LogP contribution is -2.12. The third kappa shape index (κ3) is 2.50. The minimum Gasteiger partial charge on any atom is -0.258 e. The number of para-hydroxylation sites is 1. The van der Waals surface area contributed by atoms with Crippen molar-refractivity contribution in [3.8, 4) is 0 Å². The van der Waals surface area contributed by atoms with E-state index in [1.165, 1.54) is 30.5 Å². The van der Waals surface area contributed by atoms with Crippen LogP contribution in [0.4, 0.5) is 10.1 Å². The van der Waals surface area contributed by atoms with Gasteiger partial charge in [0, 0.05) is 12.3 Å². The summed E-state index contributed by atoms with van der Waals surface area (Å²) in [4.78, 5) is 13.6. The van der Waals surface area contributed by atoms with E-state index in [9.17, 15) is 22.9 Å². The summed E-state index contributed by atoms with van der Waals surface area (Å²) in [5, 5.41) is 10.4. The first kappa shape index (κ1) is 14.1. The average molecular weight is 296 g/mol. The number of nitro benzene ring substituents is 1. The van der Waals surface area contributed by atoms with Crippen LogP contribution >= 0.6 is 0 Å². The van der Waals surface area contributed by atoms with Crippen LogP contribution in [0, 0.1) is 10.1 Å². The summed E-state index contributed by atoms with van der Waals surface area (Å²) in [6, 6.07) is 8.81. The monoisotopic (exact) mass is 296 g/mol. The molecule has 0 N–H and O–H groups in total. The van der Waals surface area contributed by atoms with Crippen molar-refractivity contribution in [2.75, 3.05) is 0 Å². The quantitative estimate of drug-likeness (QED) is 0.638. The number of alkyl halides is 1. The number of pyridine rings is 1. The van der Waals surface area contributed by atoms with Crippen LogP contribution in [0.2, 0.25) is 0 Å². The molecule has 0 aliphatic rings. The molecule has 0 radical (unpaired) electrons. The van der Waals surface area contributed by atoms with Crippen molar-refractivity contribution in [3.05, 3.63) is 64.3 Å². The number of nitrogens with zero attached hydrogens (tertiary/aromatic N) is 2. The van der Waals surface area contributed by atoms with Crippen molar-refractivity contribution in [2.24, 2.45) is 0 Å². The molecule has 1 aromatic heterocycles. The van der Waals surface area contributed by atoms with Gasteiger partial charge in [0.1, 0.15) is 0 Å². The van der Waals surface area contributed by atoms with E-state index in [-0.39, 0.29) is 0 Å². The smallest absolute Gasteiger partial charge is 0.258 e. The molecule has 0 aliphatic carbocycles. The molecule has 0 bridgehead atoms. The van der Waals surface area contributed by atoms with Gasteiger partial charge in [-0.15, -0.1) is 0 Å². The van der Waals surface area contributed by atoms with Gasteiger partial charge < -0.3 is 0 Å². The molecule has 0 amide bonds. The molecule has 0 saturated carbocycles. The van der Waals surface area contributed by atoms with Crippen LogP contribution in [0.1, 0.15) is 11.1 Å². The number of benzene rings is 1. The number of hydrogen-bond acceptors (Lipinski definition) is 5. The number of hydrogen-bond donors (Lipinski definition) is 0. The summed E-state index contributed by atoms with van der Waals surface area (Å²) in [5.41, 5.74) is -3.64. The molecular formula is C12H9FN2O4S. The SMILES string of the molecule is O=[N+]([O-])c1ccccc1C(F)S(=O)(=O)c1ccccn1. The lowest BCUT2D eigenvalue weighted by molar-refractivity contribution is -0.385. The minimum atomic E-state index is -4.43. The zero-order valence-electron chi connectivity index (χ0n) is 10.0. The summed E-state index contributed by atoms with van der Waals surface area (Å²) < 4.78 is 38.4. The van der Waals surface area contributed by atoms with E-state index < -0.39 is 36.5 Å². The van der Waals surface area contributed by atoms with E-state index in [0.29, 0.717) is 0 Å². The molecule has 1 heterocycles. The Bertz CT molecular complexity index is 734. The fraction of sp³-hybridized carbons (Fsp3) is 0.0833. The van der Waals surface area contributed by atoms with E-state index in [2.05, 4.69) is 4.98 Å². The third-order valence-corrected chi connectivity index (χ3v) is 4.20. The van der Waals surface area contributed by atoms with E-state index in [1.54, 1.807) is 0 Å². The minimum absolute atomic E-state index is 0.467. The van der Waals surface area contributed by atoms with Gasteiger partial charge in [0.25, 0.3) is 5.69 Å². The van der Waals surface area contributed by atoms with Crippen LogP contribution in [0.15, 0.2) is 53.7 Å². The highest BCUT2D eigenvalue weighted by atomic mass is 32.2. The van der Waals surface area contributed by atoms with Gasteiger partial charge in [0.2, 0.25) is 15.3 Å². The van der Waals surface area contributed by atoms with E-state index in [4.69, 9.17) is 0 Å². The lowest BCUT2D eigenvalue weighted by atomic mass is 10.2. The van der Waals surface area contributed by atoms with Crippen molar-refractivity contribution >= 4 is 15.5 Å². The Morgan fingerprint density at radius 3 is 2.40 bits per heavy atom. The fourth-order valence-electron chi connectivity index (χ4n) is 1.63. The van der Waals surface area contributed by atoms with Crippen molar-refractivity contribution in [3.63, 3.8) is 0 Å². The van der Waals surface area contributed by atoms with Crippen molar-refractivity contribution in [1.29, 1.82) is 0 Å². The molecule has 104 valence electrons. The van der Waals surface area contributed by atoms with Gasteiger partial charge in [0.05, 0.1) is 10.5 Å². The zero-order chi connectivity index (χ0) is 14.8. The Balaban J connectivity index is 2.52. The second-order valence-corrected chi connectivity index (χ2v) is 5.77. The van der Waals surface area contributed by atoms with Crippen LogP contribution in [0.25, 0.3) is 0 Å². The maximum atomic E-state index is 14.3. The summed E-state index contributed by atoms with van der Waals surface area (Å²) in [6.07, 6.45) is 1.21. The first-order valence-corrected chi connectivity index (χ1v) is 7.01. The maximum absolute atomic E-state index is 14.3. The molecule has 2 aromatic rings. The molecule has 0 saturated heterocycles. The van der Waals surface area contributed by atoms with Crippen LogP contribution in [-0.4, -0.2) is 18.3 Å². The third-order valence-electron chi connectivity index (χ3n) is 2.58. The molecule has 1 atom stereocenters. The van der Waals surface area contributed by atoms with E-state index >= 15 is 0 Å². The number of aromatic nitrogens is 1. The summed E-state index contributed by atoms with van der Waals surface area (Å²) in [7, 11) is -4.43. The molecule has 0 fully saturated rings. The lowest BCUT2D eigenvalue weighted by Gasteiger charge is -2.09. The van der Waals surface area contributed by atoms with Crippen molar-refractivity contribution in [1.82, 2.24) is 4.98 Å². The predicted molar refractivity (Wildman–Crippen MR) is 68.4 cm³/mol. The molecule has 8 heteroatoms. The van der Waals surface area contributed by atoms with Gasteiger partial charge in [0.15, 0.2) is 5.03 Å². The van der Waals surface area contributed by atoms with Crippen LogP contribution < -0.4 is 0 Å². The number of sulfone groups is 1. The summed E-state index contributed by atoms with van der Waals surface area (Å²) in [6.45, 7) is 0.